The molecule has 21 heavy (non-hydrogen) atoms. The first-order chi connectivity index (χ1) is 10.1. The molecule has 1 amide bonds. The summed E-state index contributed by atoms with van der Waals surface area (Å²) in [7, 11) is 0. The number of anilines is 1. The van der Waals surface area contributed by atoms with Gasteiger partial charge in [0.25, 0.3) is 5.91 Å². The molecule has 0 aliphatic carbocycles. The van der Waals surface area contributed by atoms with Crippen molar-refractivity contribution < 1.29 is 14.7 Å². The molecule has 6 nitrogen and oxygen atoms in total. The summed E-state index contributed by atoms with van der Waals surface area (Å²) in [6.07, 6.45) is 2.77. The van der Waals surface area contributed by atoms with Gasteiger partial charge in [0.05, 0.1) is 12.4 Å². The minimum absolute atomic E-state index is 0.0577. The molecule has 1 aliphatic heterocycles. The van der Waals surface area contributed by atoms with Gasteiger partial charge in [-0.1, -0.05) is 29.8 Å². The number of rotatable bonds is 2. The second-order valence-corrected chi connectivity index (χ2v) is 4.97. The molecule has 0 radical (unpaired) electrons. The first kappa shape index (κ1) is 13.5. The fourth-order valence-electron chi connectivity index (χ4n) is 2.38. The Balaban J connectivity index is 2.03. The number of carbonyl (C=O) groups is 2. The molecule has 1 unspecified atom stereocenters. The Morgan fingerprint density at radius 1 is 1.24 bits per heavy atom. The van der Waals surface area contributed by atoms with Crippen LogP contribution in [0.2, 0.25) is 5.15 Å². The maximum Gasteiger partial charge on any atom is 0.327 e. The number of hydrogen-bond acceptors (Lipinski definition) is 4. The molecular weight excluding hydrogens is 294 g/mol. The molecule has 1 aromatic heterocycles. The molecule has 0 bridgehead atoms. The average molecular weight is 304 g/mol. The lowest BCUT2D eigenvalue weighted by Crippen LogP contribution is -2.43. The summed E-state index contributed by atoms with van der Waals surface area (Å²) >= 11 is 5.64. The van der Waals surface area contributed by atoms with Crippen LogP contribution in [0.3, 0.4) is 0 Å². The van der Waals surface area contributed by atoms with E-state index in [4.69, 9.17) is 11.6 Å². The number of hydrogen-bond donors (Lipinski definition) is 1. The van der Waals surface area contributed by atoms with E-state index in [1.54, 1.807) is 12.1 Å². The van der Waals surface area contributed by atoms with Crippen molar-refractivity contribution in [2.45, 2.75) is 12.5 Å². The van der Waals surface area contributed by atoms with Crippen LogP contribution in [-0.4, -0.2) is 33.0 Å². The number of halogens is 1. The number of aromatic nitrogens is 2. The van der Waals surface area contributed by atoms with Crippen molar-refractivity contribution in [3.05, 3.63) is 53.1 Å². The maximum absolute atomic E-state index is 12.6. The van der Waals surface area contributed by atoms with Gasteiger partial charge in [-0.25, -0.2) is 14.8 Å². The van der Waals surface area contributed by atoms with Gasteiger partial charge in [0.15, 0.2) is 0 Å². The number of nitrogens with zero attached hydrogens (tertiary/aromatic N) is 3. The van der Waals surface area contributed by atoms with Crippen LogP contribution in [0.25, 0.3) is 0 Å². The summed E-state index contributed by atoms with van der Waals surface area (Å²) in [5.74, 6) is -1.56. The highest BCUT2D eigenvalue weighted by Gasteiger charge is 2.39. The molecule has 1 N–H and O–H groups in total. The molecule has 1 aliphatic rings. The molecule has 106 valence electrons. The zero-order valence-corrected chi connectivity index (χ0v) is 11.5. The molecular formula is C14H10ClN3O3. The molecule has 2 aromatic rings. The Labute approximate surface area is 125 Å². The van der Waals surface area contributed by atoms with E-state index < -0.39 is 17.9 Å². The number of fused-ring (bicyclic) bond motifs is 1. The van der Waals surface area contributed by atoms with Gasteiger partial charge in [0.1, 0.15) is 16.9 Å². The summed E-state index contributed by atoms with van der Waals surface area (Å²) in [6.45, 7) is 0. The van der Waals surface area contributed by atoms with Gasteiger partial charge in [0.2, 0.25) is 0 Å². The Morgan fingerprint density at radius 3 is 2.67 bits per heavy atom. The molecule has 7 heteroatoms. The number of amides is 1. The van der Waals surface area contributed by atoms with E-state index in [-0.39, 0.29) is 17.3 Å². The predicted octanol–water partition coefficient (Wildman–Crippen LogP) is 1.79. The van der Waals surface area contributed by atoms with Crippen LogP contribution < -0.4 is 4.90 Å². The van der Waals surface area contributed by atoms with Crippen molar-refractivity contribution in [1.82, 2.24) is 9.97 Å². The fourth-order valence-corrected chi connectivity index (χ4v) is 2.48. The number of carbonyl (C=O) groups excluding carboxylic acids is 1. The largest absolute Gasteiger partial charge is 0.480 e. The Morgan fingerprint density at radius 2 is 2.00 bits per heavy atom. The third-order valence-corrected chi connectivity index (χ3v) is 3.51. The Kier molecular flexibility index (Phi) is 3.31. The van der Waals surface area contributed by atoms with Crippen molar-refractivity contribution >= 4 is 29.2 Å². The molecule has 0 fully saturated rings. The molecule has 1 aromatic carbocycles. The lowest BCUT2D eigenvalue weighted by molar-refractivity contribution is -0.138. The third kappa shape index (κ3) is 2.34. The van der Waals surface area contributed by atoms with Crippen molar-refractivity contribution in [2.24, 2.45) is 0 Å². The SMILES string of the molecule is O=C(O)C1Cc2ccccc2N1C(=O)c1cnc(Cl)cn1. The summed E-state index contributed by atoms with van der Waals surface area (Å²) < 4.78 is 0. The van der Waals surface area contributed by atoms with E-state index in [2.05, 4.69) is 9.97 Å². The monoisotopic (exact) mass is 303 g/mol. The van der Waals surface area contributed by atoms with Crippen LogP contribution in [0.4, 0.5) is 5.69 Å². The summed E-state index contributed by atoms with van der Waals surface area (Å²) in [5, 5.41) is 9.51. The summed E-state index contributed by atoms with van der Waals surface area (Å²) in [5.41, 5.74) is 1.47. The van der Waals surface area contributed by atoms with E-state index >= 15 is 0 Å². The van der Waals surface area contributed by atoms with Crippen molar-refractivity contribution in [3.63, 3.8) is 0 Å². The predicted molar refractivity (Wildman–Crippen MR) is 75.4 cm³/mol. The number of aliphatic carboxylic acids is 1. The summed E-state index contributed by atoms with van der Waals surface area (Å²) in [4.78, 5) is 32.9. The van der Waals surface area contributed by atoms with Crippen LogP contribution in [0.1, 0.15) is 16.1 Å². The molecule has 0 saturated heterocycles. The highest BCUT2D eigenvalue weighted by molar-refractivity contribution is 6.29. The second kappa shape index (κ2) is 5.14. The average Bonchev–Trinajstić information content (AvgIpc) is 2.87. The van der Waals surface area contributed by atoms with Crippen LogP contribution >= 0.6 is 11.6 Å². The van der Waals surface area contributed by atoms with E-state index in [1.165, 1.54) is 17.3 Å². The number of carboxylic acid groups (broad SMARTS) is 1. The minimum atomic E-state index is -1.05. The lowest BCUT2D eigenvalue weighted by atomic mass is 10.1. The van der Waals surface area contributed by atoms with E-state index in [9.17, 15) is 14.7 Å². The number of para-hydroxylation sites is 1. The van der Waals surface area contributed by atoms with Crippen LogP contribution in [-0.2, 0) is 11.2 Å². The standard InChI is InChI=1S/C14H10ClN3O3/c15-12-7-16-9(6-17-12)13(19)18-10-4-2-1-3-8(10)5-11(18)14(20)21/h1-4,6-7,11H,5H2,(H,20,21). The lowest BCUT2D eigenvalue weighted by Gasteiger charge is -2.22. The molecule has 0 saturated carbocycles. The van der Waals surface area contributed by atoms with Gasteiger partial charge in [-0.3, -0.25) is 9.69 Å². The zero-order valence-electron chi connectivity index (χ0n) is 10.7. The van der Waals surface area contributed by atoms with Gasteiger partial charge < -0.3 is 5.11 Å². The third-order valence-electron chi connectivity index (χ3n) is 3.32. The summed E-state index contributed by atoms with van der Waals surface area (Å²) in [6, 6.07) is 6.17. The van der Waals surface area contributed by atoms with Gasteiger partial charge in [-0.05, 0) is 11.6 Å². The number of benzene rings is 1. The second-order valence-electron chi connectivity index (χ2n) is 4.59. The van der Waals surface area contributed by atoms with Crippen molar-refractivity contribution in [1.29, 1.82) is 0 Å². The topological polar surface area (TPSA) is 83.4 Å². The van der Waals surface area contributed by atoms with Crippen molar-refractivity contribution in [2.75, 3.05) is 4.90 Å². The van der Waals surface area contributed by atoms with Crippen LogP contribution in [0.5, 0.6) is 0 Å². The van der Waals surface area contributed by atoms with E-state index in [1.807, 2.05) is 12.1 Å². The van der Waals surface area contributed by atoms with Crippen LogP contribution in [0, 0.1) is 0 Å². The Bertz CT molecular complexity index is 718. The van der Waals surface area contributed by atoms with Gasteiger partial charge in [-0.2, -0.15) is 0 Å². The number of carboxylic acids is 1. The van der Waals surface area contributed by atoms with E-state index in [0.717, 1.165) is 5.56 Å². The molecule has 1 atom stereocenters. The highest BCUT2D eigenvalue weighted by Crippen LogP contribution is 2.33. The smallest absolute Gasteiger partial charge is 0.327 e. The van der Waals surface area contributed by atoms with E-state index in [0.29, 0.717) is 5.69 Å². The normalized spacial score (nSPS) is 16.6. The van der Waals surface area contributed by atoms with Crippen molar-refractivity contribution in [3.8, 4) is 0 Å². The first-order valence-electron chi connectivity index (χ1n) is 6.20. The van der Waals surface area contributed by atoms with Gasteiger partial charge in [-0.15, -0.1) is 0 Å². The van der Waals surface area contributed by atoms with Gasteiger partial charge in [0, 0.05) is 12.1 Å². The Hall–Kier alpha value is -2.47. The van der Waals surface area contributed by atoms with Crippen LogP contribution in [0.15, 0.2) is 36.7 Å². The molecule has 2 heterocycles. The highest BCUT2D eigenvalue weighted by atomic mass is 35.5. The first-order valence-corrected chi connectivity index (χ1v) is 6.57. The van der Waals surface area contributed by atoms with Gasteiger partial charge >= 0.3 is 5.97 Å². The maximum atomic E-state index is 12.6. The fraction of sp³-hybridized carbons (Fsp3) is 0.143. The molecule has 0 spiro atoms. The zero-order chi connectivity index (χ0) is 15.0. The minimum Gasteiger partial charge on any atom is -0.480 e. The quantitative estimate of drug-likeness (QED) is 0.914. The molecule has 3 rings (SSSR count).